The van der Waals surface area contributed by atoms with Crippen LogP contribution in [0, 0.1) is 0 Å². The number of sulfonamides is 1. The van der Waals surface area contributed by atoms with Gasteiger partial charge >= 0.3 is 0 Å². The molecule has 1 N–H and O–H groups in total. The Balaban J connectivity index is 2.22. The second-order valence-corrected chi connectivity index (χ2v) is 6.39. The second kappa shape index (κ2) is 7.60. The summed E-state index contributed by atoms with van der Waals surface area (Å²) >= 11 is 3.23. The van der Waals surface area contributed by atoms with Crippen LogP contribution in [0.15, 0.2) is 0 Å². The average Bonchev–Trinajstić information content (AvgIpc) is 2.30. The molecule has 0 atom stereocenters. The first-order valence-corrected chi connectivity index (χ1v) is 8.03. The van der Waals surface area contributed by atoms with Gasteiger partial charge in [-0.3, -0.25) is 0 Å². The molecule has 0 radical (unpaired) electrons. The van der Waals surface area contributed by atoms with E-state index in [9.17, 15) is 8.42 Å². The number of halogens is 1. The molecule has 1 aliphatic heterocycles. The van der Waals surface area contributed by atoms with Crippen LogP contribution in [0.3, 0.4) is 0 Å². The third-order valence-electron chi connectivity index (χ3n) is 2.38. The van der Waals surface area contributed by atoms with Crippen molar-refractivity contribution in [2.45, 2.75) is 18.1 Å². The molecule has 0 aromatic carbocycles. The van der Waals surface area contributed by atoms with Gasteiger partial charge in [0.1, 0.15) is 0 Å². The Morgan fingerprint density at radius 3 is 2.62 bits per heavy atom. The quantitative estimate of drug-likeness (QED) is 0.549. The standard InChI is InChI=1S/C9H18BrNO4S/c10-3-7-15-8-4-11-16(12,13)9-1-5-14-6-2-9/h9,11H,1-8H2. The number of hydrogen-bond acceptors (Lipinski definition) is 4. The lowest BCUT2D eigenvalue weighted by Crippen LogP contribution is -2.39. The summed E-state index contributed by atoms with van der Waals surface area (Å²) in [6.07, 6.45) is 1.16. The van der Waals surface area contributed by atoms with Crippen molar-refractivity contribution in [1.82, 2.24) is 4.72 Å². The van der Waals surface area contributed by atoms with E-state index in [0.717, 1.165) is 5.33 Å². The number of rotatable bonds is 7. The molecule has 0 spiro atoms. The van der Waals surface area contributed by atoms with E-state index in [1.165, 1.54) is 0 Å². The molecule has 0 aliphatic carbocycles. The van der Waals surface area contributed by atoms with Crippen molar-refractivity contribution in [2.24, 2.45) is 0 Å². The normalized spacial score (nSPS) is 18.8. The van der Waals surface area contributed by atoms with Crippen LogP contribution in [-0.4, -0.2) is 52.0 Å². The van der Waals surface area contributed by atoms with Gasteiger partial charge in [0.15, 0.2) is 0 Å². The second-order valence-electron chi connectivity index (χ2n) is 3.55. The van der Waals surface area contributed by atoms with Gasteiger partial charge in [-0.25, -0.2) is 13.1 Å². The predicted molar refractivity (Wildman–Crippen MR) is 65.4 cm³/mol. The SMILES string of the molecule is O=S(=O)(NCCOCCBr)C1CCOCC1. The number of alkyl halides is 1. The fourth-order valence-corrected chi connectivity index (χ4v) is 3.16. The maximum absolute atomic E-state index is 11.8. The third-order valence-corrected chi connectivity index (χ3v) is 4.66. The Labute approximate surface area is 105 Å². The Bertz CT molecular complexity index is 277. The van der Waals surface area contributed by atoms with Gasteiger partial charge in [0.2, 0.25) is 10.0 Å². The molecule has 1 fully saturated rings. The third kappa shape index (κ3) is 5.09. The largest absolute Gasteiger partial charge is 0.381 e. The highest BCUT2D eigenvalue weighted by Gasteiger charge is 2.26. The molecule has 0 unspecified atom stereocenters. The van der Waals surface area contributed by atoms with E-state index in [2.05, 4.69) is 20.7 Å². The summed E-state index contributed by atoms with van der Waals surface area (Å²) in [7, 11) is -3.19. The van der Waals surface area contributed by atoms with Gasteiger partial charge in [-0.1, -0.05) is 15.9 Å². The zero-order valence-electron chi connectivity index (χ0n) is 9.15. The highest BCUT2D eigenvalue weighted by molar-refractivity contribution is 9.09. The maximum Gasteiger partial charge on any atom is 0.214 e. The minimum atomic E-state index is -3.19. The highest BCUT2D eigenvalue weighted by atomic mass is 79.9. The molecule has 0 saturated carbocycles. The van der Waals surface area contributed by atoms with Crippen molar-refractivity contribution in [3.8, 4) is 0 Å². The summed E-state index contributed by atoms with van der Waals surface area (Å²) in [6, 6.07) is 0. The van der Waals surface area contributed by atoms with Gasteiger partial charge in [-0.15, -0.1) is 0 Å². The first-order valence-electron chi connectivity index (χ1n) is 5.37. The number of nitrogens with one attached hydrogen (secondary N) is 1. The molecule has 7 heteroatoms. The molecule has 0 aromatic rings. The molecule has 5 nitrogen and oxygen atoms in total. The van der Waals surface area contributed by atoms with E-state index in [-0.39, 0.29) is 5.25 Å². The van der Waals surface area contributed by atoms with E-state index in [1.54, 1.807) is 0 Å². The Morgan fingerprint density at radius 1 is 1.31 bits per heavy atom. The van der Waals surface area contributed by atoms with Gasteiger partial charge in [-0.2, -0.15) is 0 Å². The maximum atomic E-state index is 11.8. The summed E-state index contributed by atoms with van der Waals surface area (Å²) in [6.45, 7) is 2.41. The first kappa shape index (κ1) is 14.4. The van der Waals surface area contributed by atoms with Gasteiger partial charge in [0.25, 0.3) is 0 Å². The predicted octanol–water partition coefficient (Wildman–Crippen LogP) is 0.496. The van der Waals surface area contributed by atoms with E-state index in [4.69, 9.17) is 9.47 Å². The summed E-state index contributed by atoms with van der Waals surface area (Å²) < 4.78 is 36.4. The van der Waals surface area contributed by atoms with Crippen LogP contribution in [0.2, 0.25) is 0 Å². The van der Waals surface area contributed by atoms with Crippen LogP contribution in [0.25, 0.3) is 0 Å². The molecule has 0 amide bonds. The van der Waals surface area contributed by atoms with Gasteiger partial charge < -0.3 is 9.47 Å². The molecule has 96 valence electrons. The zero-order valence-corrected chi connectivity index (χ0v) is 11.6. The van der Waals surface area contributed by atoms with Crippen LogP contribution in [0.5, 0.6) is 0 Å². The minimum Gasteiger partial charge on any atom is -0.381 e. The molecule has 0 aromatic heterocycles. The molecule has 16 heavy (non-hydrogen) atoms. The van der Waals surface area contributed by atoms with Gasteiger partial charge in [0.05, 0.1) is 18.5 Å². The summed E-state index contributed by atoms with van der Waals surface area (Å²) in [5.41, 5.74) is 0. The highest BCUT2D eigenvalue weighted by Crippen LogP contribution is 2.14. The van der Waals surface area contributed by atoms with E-state index in [1.807, 2.05) is 0 Å². The minimum absolute atomic E-state index is 0.308. The Hall–Kier alpha value is 0.310. The van der Waals surface area contributed by atoms with E-state index >= 15 is 0 Å². The lowest BCUT2D eigenvalue weighted by atomic mass is 10.2. The topological polar surface area (TPSA) is 64.6 Å². The van der Waals surface area contributed by atoms with Crippen LogP contribution < -0.4 is 4.72 Å². The van der Waals surface area contributed by atoms with E-state index < -0.39 is 10.0 Å². The average molecular weight is 316 g/mol. The molecular weight excluding hydrogens is 298 g/mol. The van der Waals surface area contributed by atoms with Crippen LogP contribution in [0.1, 0.15) is 12.8 Å². The fourth-order valence-electron chi connectivity index (χ4n) is 1.52. The van der Waals surface area contributed by atoms with Crippen molar-refractivity contribution in [1.29, 1.82) is 0 Å². The van der Waals surface area contributed by atoms with Crippen molar-refractivity contribution >= 4 is 26.0 Å². The smallest absolute Gasteiger partial charge is 0.214 e. The van der Waals surface area contributed by atoms with Crippen LogP contribution in [0.4, 0.5) is 0 Å². The monoisotopic (exact) mass is 315 g/mol. The van der Waals surface area contributed by atoms with Gasteiger partial charge in [0, 0.05) is 25.1 Å². The summed E-state index contributed by atoms with van der Waals surface area (Å²) in [4.78, 5) is 0. The van der Waals surface area contributed by atoms with Crippen molar-refractivity contribution < 1.29 is 17.9 Å². The van der Waals surface area contributed by atoms with Crippen LogP contribution in [-0.2, 0) is 19.5 Å². The Kier molecular flexibility index (Phi) is 6.83. The molecule has 1 aliphatic rings. The molecule has 0 bridgehead atoms. The summed E-state index contributed by atoms with van der Waals surface area (Å²) in [5, 5.41) is 0.456. The van der Waals surface area contributed by atoms with Crippen LogP contribution >= 0.6 is 15.9 Å². The molecular formula is C9H18BrNO4S. The van der Waals surface area contributed by atoms with Crippen molar-refractivity contribution in [3.63, 3.8) is 0 Å². The number of hydrogen-bond donors (Lipinski definition) is 1. The lowest BCUT2D eigenvalue weighted by Gasteiger charge is -2.22. The fraction of sp³-hybridized carbons (Fsp3) is 1.00. The van der Waals surface area contributed by atoms with Crippen molar-refractivity contribution in [3.05, 3.63) is 0 Å². The van der Waals surface area contributed by atoms with Gasteiger partial charge in [-0.05, 0) is 12.8 Å². The number of ether oxygens (including phenoxy) is 2. The van der Waals surface area contributed by atoms with Crippen molar-refractivity contribution in [2.75, 3.05) is 38.3 Å². The molecule has 1 heterocycles. The lowest BCUT2D eigenvalue weighted by molar-refractivity contribution is 0.0980. The molecule has 1 saturated heterocycles. The Morgan fingerprint density at radius 2 is 2.00 bits per heavy atom. The zero-order chi connectivity index (χ0) is 11.9. The molecule has 1 rings (SSSR count). The van der Waals surface area contributed by atoms with E-state index in [0.29, 0.717) is 45.8 Å². The summed E-state index contributed by atoms with van der Waals surface area (Å²) in [5.74, 6) is 0. The first-order chi connectivity index (χ1) is 7.67.